The summed E-state index contributed by atoms with van der Waals surface area (Å²) in [6.45, 7) is 3.46. The van der Waals surface area contributed by atoms with Gasteiger partial charge in [-0.2, -0.15) is 11.8 Å². The van der Waals surface area contributed by atoms with Crippen molar-refractivity contribution < 1.29 is 4.79 Å². The molecule has 0 atom stereocenters. The van der Waals surface area contributed by atoms with Crippen molar-refractivity contribution in [2.75, 3.05) is 54.6 Å². The van der Waals surface area contributed by atoms with Gasteiger partial charge in [-0.15, -0.1) is 0 Å². The number of amides is 1. The first-order valence-corrected chi connectivity index (χ1v) is 13.8. The molecule has 1 spiro atoms. The van der Waals surface area contributed by atoms with Gasteiger partial charge in [0, 0.05) is 47.9 Å². The number of thioether (sulfide) groups is 1. The smallest absolute Gasteiger partial charge is 0.247 e. The molecule has 4 N–H and O–H groups in total. The van der Waals surface area contributed by atoms with Crippen LogP contribution in [0.3, 0.4) is 0 Å². The van der Waals surface area contributed by atoms with Crippen LogP contribution in [0.15, 0.2) is 77.8 Å². The third-order valence-corrected chi connectivity index (χ3v) is 8.09. The maximum absolute atomic E-state index is 13.1. The lowest BCUT2D eigenvalue weighted by molar-refractivity contribution is -0.124. The summed E-state index contributed by atoms with van der Waals surface area (Å²) in [5, 5.41) is 9.10. The van der Waals surface area contributed by atoms with E-state index < -0.39 is 5.54 Å². The quantitative estimate of drug-likeness (QED) is 0.259. The van der Waals surface area contributed by atoms with Crippen LogP contribution in [0.4, 0.5) is 11.4 Å². The number of benzene rings is 3. The van der Waals surface area contributed by atoms with Gasteiger partial charge in [-0.1, -0.05) is 54.6 Å². The van der Waals surface area contributed by atoms with E-state index in [2.05, 4.69) is 75.0 Å². The molecular weight excluding hydrogens is 468 g/mol. The maximum atomic E-state index is 13.1. The average Bonchev–Trinajstić information content (AvgIpc) is 3.24. The van der Waals surface area contributed by atoms with Crippen LogP contribution < -0.4 is 21.3 Å². The summed E-state index contributed by atoms with van der Waals surface area (Å²) in [6.07, 6.45) is 1.48. The Labute approximate surface area is 217 Å². The first-order chi connectivity index (χ1) is 17.7. The minimum Gasteiger partial charge on any atom is -0.343 e. The van der Waals surface area contributed by atoms with Crippen LogP contribution >= 0.6 is 11.8 Å². The van der Waals surface area contributed by atoms with Crippen molar-refractivity contribution in [1.82, 2.24) is 10.2 Å². The Kier molecular flexibility index (Phi) is 7.63. The van der Waals surface area contributed by atoms with E-state index >= 15 is 0 Å². The van der Waals surface area contributed by atoms with Crippen LogP contribution in [0, 0.1) is 0 Å². The van der Waals surface area contributed by atoms with E-state index in [9.17, 15) is 4.79 Å². The lowest BCUT2D eigenvalue weighted by Gasteiger charge is -2.44. The van der Waals surface area contributed by atoms with E-state index in [1.807, 2.05) is 30.0 Å². The monoisotopic (exact) mass is 502 g/mol. The van der Waals surface area contributed by atoms with Gasteiger partial charge in [0.25, 0.3) is 0 Å². The summed E-state index contributed by atoms with van der Waals surface area (Å²) in [7, 11) is 0. The second-order valence-corrected chi connectivity index (χ2v) is 10.4. The van der Waals surface area contributed by atoms with Crippen LogP contribution in [0.5, 0.6) is 0 Å². The molecule has 0 radical (unpaired) electrons. The highest BCUT2D eigenvalue weighted by molar-refractivity contribution is 7.99. The number of para-hydroxylation sites is 1. The number of carbonyl (C=O) groups excluding carboxylic acids is 1. The molecule has 8 heteroatoms. The molecule has 0 bridgehead atoms. The SMILES string of the molecule is NCCSCCN=C(Nc1cccc2ccccc12)N1CCC2(CC1)C(=O)NCN2c1ccccc1. The lowest BCUT2D eigenvalue weighted by atomic mass is 9.85. The fraction of sp³-hybridized carbons (Fsp3) is 0.357. The number of nitrogens with one attached hydrogen (secondary N) is 2. The minimum atomic E-state index is -0.514. The molecule has 3 aromatic rings. The van der Waals surface area contributed by atoms with Gasteiger partial charge in [-0.25, -0.2) is 0 Å². The zero-order valence-corrected chi connectivity index (χ0v) is 21.3. The molecular formula is C28H34N6OS. The molecule has 2 aliphatic rings. The number of likely N-dealkylation sites (tertiary alicyclic amines) is 1. The van der Waals surface area contributed by atoms with Crippen LogP contribution in [0.2, 0.25) is 0 Å². The van der Waals surface area contributed by atoms with Gasteiger partial charge in [-0.3, -0.25) is 9.79 Å². The standard InChI is InChI=1S/C28H34N6OS/c29-15-19-36-20-16-30-27(32-25-12-6-8-22-7-4-5-11-24(22)25)33-17-13-28(14-18-33)26(35)31-21-34(28)23-9-2-1-3-10-23/h1-12H,13-21,29H2,(H,30,32)(H,31,35). The molecule has 1 amide bonds. The van der Waals surface area contributed by atoms with Crippen molar-refractivity contribution in [3.05, 3.63) is 72.8 Å². The van der Waals surface area contributed by atoms with Gasteiger partial charge in [0.1, 0.15) is 5.54 Å². The zero-order chi connectivity index (χ0) is 24.8. The number of hydrogen-bond acceptors (Lipinski definition) is 5. The Bertz CT molecular complexity index is 1200. The Hall–Kier alpha value is -3.23. The van der Waals surface area contributed by atoms with E-state index in [-0.39, 0.29) is 5.91 Å². The van der Waals surface area contributed by atoms with Crippen molar-refractivity contribution in [2.45, 2.75) is 18.4 Å². The molecule has 2 aliphatic heterocycles. The van der Waals surface area contributed by atoms with Crippen LogP contribution in [0.1, 0.15) is 12.8 Å². The predicted molar refractivity (Wildman–Crippen MR) is 152 cm³/mol. The molecule has 2 fully saturated rings. The van der Waals surface area contributed by atoms with Crippen molar-refractivity contribution in [2.24, 2.45) is 10.7 Å². The first kappa shape index (κ1) is 24.5. The number of rotatable bonds is 7. The fourth-order valence-electron chi connectivity index (χ4n) is 5.20. The molecule has 2 saturated heterocycles. The lowest BCUT2D eigenvalue weighted by Crippen LogP contribution is -2.58. The number of piperidine rings is 1. The van der Waals surface area contributed by atoms with Gasteiger partial charge in [0.2, 0.25) is 5.91 Å². The van der Waals surface area contributed by atoms with E-state index in [4.69, 9.17) is 10.7 Å². The van der Waals surface area contributed by atoms with Gasteiger partial charge in [0.15, 0.2) is 5.96 Å². The number of nitrogens with zero attached hydrogens (tertiary/aromatic N) is 3. The summed E-state index contributed by atoms with van der Waals surface area (Å²) in [6, 6.07) is 24.9. The topological polar surface area (TPSA) is 86.0 Å². The summed E-state index contributed by atoms with van der Waals surface area (Å²) in [4.78, 5) is 22.6. The van der Waals surface area contributed by atoms with Crippen molar-refractivity contribution in [3.8, 4) is 0 Å². The van der Waals surface area contributed by atoms with Gasteiger partial charge in [-0.05, 0) is 36.4 Å². The Morgan fingerprint density at radius 2 is 1.75 bits per heavy atom. The highest BCUT2D eigenvalue weighted by Gasteiger charge is 2.50. The molecule has 7 nitrogen and oxygen atoms in total. The number of guanidine groups is 1. The summed E-state index contributed by atoms with van der Waals surface area (Å²) >= 11 is 1.83. The summed E-state index contributed by atoms with van der Waals surface area (Å²) < 4.78 is 0. The maximum Gasteiger partial charge on any atom is 0.247 e. The fourth-order valence-corrected chi connectivity index (χ4v) is 5.79. The van der Waals surface area contributed by atoms with Gasteiger partial charge >= 0.3 is 0 Å². The normalized spacial score (nSPS) is 17.6. The Balaban J connectivity index is 1.36. The first-order valence-electron chi connectivity index (χ1n) is 12.6. The highest BCUT2D eigenvalue weighted by Crippen LogP contribution is 2.36. The minimum absolute atomic E-state index is 0.129. The second-order valence-electron chi connectivity index (χ2n) is 9.20. The van der Waals surface area contributed by atoms with Crippen LogP contribution in [-0.4, -0.2) is 66.7 Å². The van der Waals surface area contributed by atoms with Crippen LogP contribution in [0.25, 0.3) is 10.8 Å². The van der Waals surface area contributed by atoms with Crippen molar-refractivity contribution >= 4 is 45.8 Å². The molecule has 0 saturated carbocycles. The van der Waals surface area contributed by atoms with E-state index in [1.54, 1.807) is 0 Å². The number of nitrogens with two attached hydrogens (primary N) is 1. The van der Waals surface area contributed by atoms with Crippen LogP contribution in [-0.2, 0) is 4.79 Å². The third-order valence-electron chi connectivity index (χ3n) is 7.09. The third kappa shape index (κ3) is 5.01. The van der Waals surface area contributed by atoms with E-state index in [0.717, 1.165) is 61.3 Å². The molecule has 3 aromatic carbocycles. The number of anilines is 2. The number of aliphatic imine (C=N–C) groups is 1. The molecule has 0 aliphatic carbocycles. The van der Waals surface area contributed by atoms with Crippen molar-refractivity contribution in [3.63, 3.8) is 0 Å². The molecule has 5 rings (SSSR count). The van der Waals surface area contributed by atoms with E-state index in [1.165, 1.54) is 10.8 Å². The van der Waals surface area contributed by atoms with Gasteiger partial charge < -0.3 is 26.2 Å². The number of carbonyl (C=O) groups is 1. The second kappa shape index (κ2) is 11.2. The summed E-state index contributed by atoms with van der Waals surface area (Å²) in [5.41, 5.74) is 7.27. The van der Waals surface area contributed by atoms with Gasteiger partial charge in [0.05, 0.1) is 13.2 Å². The van der Waals surface area contributed by atoms with Crippen molar-refractivity contribution in [1.29, 1.82) is 0 Å². The molecule has 36 heavy (non-hydrogen) atoms. The Morgan fingerprint density at radius 1 is 1.00 bits per heavy atom. The predicted octanol–water partition coefficient (Wildman–Crippen LogP) is 3.73. The number of fused-ring (bicyclic) bond motifs is 1. The molecule has 2 heterocycles. The summed E-state index contributed by atoms with van der Waals surface area (Å²) in [5.74, 6) is 2.88. The average molecular weight is 503 g/mol. The largest absolute Gasteiger partial charge is 0.343 e. The highest BCUT2D eigenvalue weighted by atomic mass is 32.2. The molecule has 0 aromatic heterocycles. The van der Waals surface area contributed by atoms with E-state index in [0.29, 0.717) is 13.2 Å². The number of hydrogen-bond donors (Lipinski definition) is 3. The molecule has 188 valence electrons. The molecule has 0 unspecified atom stereocenters. The Morgan fingerprint density at radius 3 is 2.56 bits per heavy atom. The zero-order valence-electron chi connectivity index (χ0n) is 20.5.